The first-order valence-electron chi connectivity index (χ1n) is 12.9. The lowest BCUT2D eigenvalue weighted by molar-refractivity contribution is -0.140. The van der Waals surface area contributed by atoms with E-state index in [1.165, 1.54) is 30.7 Å². The first kappa shape index (κ1) is 31.1. The van der Waals surface area contributed by atoms with E-state index in [0.717, 1.165) is 16.7 Å². The number of carboxylic acid groups (broad SMARTS) is 1. The summed E-state index contributed by atoms with van der Waals surface area (Å²) in [4.78, 5) is 45.1. The van der Waals surface area contributed by atoms with Crippen LogP contribution in [0.3, 0.4) is 0 Å². The third-order valence-electron chi connectivity index (χ3n) is 6.20. The molecule has 6 N–H and O–H groups in total. The quantitative estimate of drug-likeness (QED) is 0.130. The standard InChI is InChI=1S/C26H35N5O4S.CH5N/c27-19-28-13-5-8-23(29-36-22-12-11-20-6-1-2-7-21(20)18-22)26(35)31-16-14-30(15-17-31)24(32)9-3-4-10-25(33)34;1-2/h1-2,6-7,11-12,18-19,23,29H,3-5,8-10,13-17H2,(H2,27,28)(H,33,34);2H2,1H3. The van der Waals surface area contributed by atoms with Crippen LogP contribution in [0.15, 0.2) is 52.4 Å². The Hall–Kier alpha value is -3.15. The maximum absolute atomic E-state index is 13.4. The molecule has 3 rings (SSSR count). The molecule has 2 aromatic rings. The molecule has 0 spiro atoms. The van der Waals surface area contributed by atoms with Gasteiger partial charge in [-0.2, -0.15) is 0 Å². The van der Waals surface area contributed by atoms with Crippen LogP contribution in [0.5, 0.6) is 0 Å². The predicted octanol–water partition coefficient (Wildman–Crippen LogP) is 2.46. The van der Waals surface area contributed by atoms with Crippen molar-refractivity contribution in [3.05, 3.63) is 42.5 Å². The molecule has 38 heavy (non-hydrogen) atoms. The highest BCUT2D eigenvalue weighted by molar-refractivity contribution is 7.97. The first-order valence-corrected chi connectivity index (χ1v) is 13.8. The molecule has 1 saturated heterocycles. The van der Waals surface area contributed by atoms with Gasteiger partial charge < -0.3 is 26.4 Å². The molecule has 0 bridgehead atoms. The lowest BCUT2D eigenvalue weighted by Gasteiger charge is -2.36. The van der Waals surface area contributed by atoms with E-state index >= 15 is 0 Å². The van der Waals surface area contributed by atoms with Gasteiger partial charge in [-0.1, -0.05) is 30.3 Å². The molecule has 1 atom stereocenters. The highest BCUT2D eigenvalue weighted by atomic mass is 32.2. The molecule has 208 valence electrons. The summed E-state index contributed by atoms with van der Waals surface area (Å²) in [5, 5.41) is 11.0. The van der Waals surface area contributed by atoms with Crippen molar-refractivity contribution in [2.75, 3.05) is 39.8 Å². The number of nitrogens with two attached hydrogens (primary N) is 2. The Bertz CT molecular complexity index is 1060. The van der Waals surface area contributed by atoms with E-state index in [1.54, 1.807) is 4.90 Å². The number of nitrogens with zero attached hydrogens (tertiary/aromatic N) is 3. The average Bonchev–Trinajstić information content (AvgIpc) is 2.95. The summed E-state index contributed by atoms with van der Waals surface area (Å²) >= 11 is 1.45. The lowest BCUT2D eigenvalue weighted by atomic mass is 10.1. The fraction of sp³-hybridized carbons (Fsp3) is 0.481. The van der Waals surface area contributed by atoms with E-state index in [9.17, 15) is 14.4 Å². The Morgan fingerprint density at radius 1 is 1.00 bits per heavy atom. The molecule has 1 aliphatic rings. The Kier molecular flexibility index (Phi) is 14.2. The number of carboxylic acids is 1. The van der Waals surface area contributed by atoms with Gasteiger partial charge in [-0.05, 0) is 67.6 Å². The number of hydrogen-bond acceptors (Lipinski definition) is 7. The summed E-state index contributed by atoms with van der Waals surface area (Å²) in [5.74, 6) is -0.798. The van der Waals surface area contributed by atoms with E-state index in [0.29, 0.717) is 58.4 Å². The van der Waals surface area contributed by atoms with Crippen molar-refractivity contribution in [3.8, 4) is 0 Å². The molecule has 2 aromatic carbocycles. The number of hydrogen-bond donors (Lipinski definition) is 4. The molecule has 1 aliphatic heterocycles. The van der Waals surface area contributed by atoms with Gasteiger partial charge in [-0.3, -0.25) is 19.4 Å². The van der Waals surface area contributed by atoms with Gasteiger partial charge in [0.05, 0.1) is 12.4 Å². The summed E-state index contributed by atoms with van der Waals surface area (Å²) in [5.41, 5.74) is 9.85. The van der Waals surface area contributed by atoms with Crippen LogP contribution in [0.2, 0.25) is 0 Å². The number of fused-ring (bicyclic) bond motifs is 1. The smallest absolute Gasteiger partial charge is 0.303 e. The topological polar surface area (TPSA) is 154 Å². The number of aliphatic carboxylic acids is 1. The molecule has 0 aromatic heterocycles. The summed E-state index contributed by atoms with van der Waals surface area (Å²) in [6.45, 7) is 2.52. The van der Waals surface area contributed by atoms with Crippen LogP contribution in [0.1, 0.15) is 38.5 Å². The van der Waals surface area contributed by atoms with E-state index < -0.39 is 5.97 Å². The normalized spacial score (nSPS) is 14.3. The highest BCUT2D eigenvalue weighted by Crippen LogP contribution is 2.23. The summed E-state index contributed by atoms with van der Waals surface area (Å²) in [7, 11) is 1.50. The number of benzene rings is 2. The highest BCUT2D eigenvalue weighted by Gasteiger charge is 2.28. The minimum atomic E-state index is -0.841. The van der Waals surface area contributed by atoms with Crippen molar-refractivity contribution in [1.29, 1.82) is 0 Å². The van der Waals surface area contributed by atoms with Gasteiger partial charge in [-0.25, -0.2) is 4.72 Å². The second-order valence-electron chi connectivity index (χ2n) is 8.79. The lowest BCUT2D eigenvalue weighted by Crippen LogP contribution is -2.54. The summed E-state index contributed by atoms with van der Waals surface area (Å²) in [6, 6.07) is 14.0. The number of carbonyl (C=O) groups excluding carboxylic acids is 2. The molecular formula is C27H40N6O4S. The number of nitrogens with one attached hydrogen (secondary N) is 1. The fourth-order valence-corrected chi connectivity index (χ4v) is 4.99. The number of carbonyl (C=O) groups is 3. The Morgan fingerprint density at radius 3 is 2.34 bits per heavy atom. The number of unbranched alkanes of at least 4 members (excludes halogenated alkanes) is 1. The zero-order valence-electron chi connectivity index (χ0n) is 22.1. The molecule has 0 aliphatic carbocycles. The minimum Gasteiger partial charge on any atom is -0.481 e. The van der Waals surface area contributed by atoms with E-state index in [4.69, 9.17) is 10.8 Å². The Morgan fingerprint density at radius 2 is 1.66 bits per heavy atom. The zero-order chi connectivity index (χ0) is 27.8. The van der Waals surface area contributed by atoms with Crippen LogP contribution in [-0.4, -0.2) is 84.8 Å². The van der Waals surface area contributed by atoms with Crippen LogP contribution < -0.4 is 16.2 Å². The SMILES string of the molecule is CN.NC=NCCCC(NSc1ccc2ccccc2c1)C(=O)N1CCN(C(=O)CCCCC(=O)O)CC1. The van der Waals surface area contributed by atoms with Gasteiger partial charge in [0.1, 0.15) is 0 Å². The average molecular weight is 545 g/mol. The number of rotatable bonds is 13. The van der Waals surface area contributed by atoms with E-state index in [-0.39, 0.29) is 24.3 Å². The predicted molar refractivity (Wildman–Crippen MR) is 153 cm³/mol. The van der Waals surface area contributed by atoms with Crippen molar-refractivity contribution in [1.82, 2.24) is 14.5 Å². The van der Waals surface area contributed by atoms with Crippen LogP contribution in [0, 0.1) is 0 Å². The molecule has 10 nitrogen and oxygen atoms in total. The Labute approximate surface area is 228 Å². The molecule has 11 heteroatoms. The molecule has 1 heterocycles. The molecule has 0 radical (unpaired) electrons. The number of amides is 2. The molecule has 1 fully saturated rings. The van der Waals surface area contributed by atoms with Crippen molar-refractivity contribution >= 4 is 46.8 Å². The van der Waals surface area contributed by atoms with Gasteiger partial charge in [0, 0.05) is 50.5 Å². The number of piperazine rings is 1. The first-order chi connectivity index (χ1) is 18.5. The van der Waals surface area contributed by atoms with Crippen molar-refractivity contribution in [2.45, 2.75) is 49.5 Å². The van der Waals surface area contributed by atoms with E-state index in [2.05, 4.69) is 39.7 Å². The monoisotopic (exact) mass is 544 g/mol. The summed E-state index contributed by atoms with van der Waals surface area (Å²) < 4.78 is 3.37. The molecule has 1 unspecified atom stereocenters. The summed E-state index contributed by atoms with van der Waals surface area (Å²) in [6.07, 6.45) is 4.12. The van der Waals surface area contributed by atoms with Gasteiger partial charge in [0.25, 0.3) is 0 Å². The molecule has 0 saturated carbocycles. The zero-order valence-corrected chi connectivity index (χ0v) is 22.9. The van der Waals surface area contributed by atoms with Gasteiger partial charge in [0.15, 0.2) is 0 Å². The van der Waals surface area contributed by atoms with Crippen molar-refractivity contribution in [3.63, 3.8) is 0 Å². The largest absolute Gasteiger partial charge is 0.481 e. The second kappa shape index (κ2) is 17.4. The van der Waals surface area contributed by atoms with Crippen LogP contribution in [0.25, 0.3) is 10.8 Å². The van der Waals surface area contributed by atoms with Crippen molar-refractivity contribution in [2.24, 2.45) is 16.5 Å². The van der Waals surface area contributed by atoms with Gasteiger partial charge in [-0.15, -0.1) is 0 Å². The van der Waals surface area contributed by atoms with Crippen LogP contribution >= 0.6 is 11.9 Å². The van der Waals surface area contributed by atoms with Crippen LogP contribution in [0.4, 0.5) is 0 Å². The third-order valence-corrected chi connectivity index (χ3v) is 7.09. The van der Waals surface area contributed by atoms with E-state index in [1.807, 2.05) is 23.1 Å². The minimum absolute atomic E-state index is 0.0218. The maximum Gasteiger partial charge on any atom is 0.303 e. The van der Waals surface area contributed by atoms with Gasteiger partial charge >= 0.3 is 5.97 Å². The van der Waals surface area contributed by atoms with Gasteiger partial charge in [0.2, 0.25) is 11.8 Å². The molecule has 2 amide bonds. The molecular weight excluding hydrogens is 504 g/mol. The Balaban J connectivity index is 0.00000247. The number of aliphatic imine (C=N–C) groups is 1. The fourth-order valence-electron chi connectivity index (χ4n) is 4.17. The van der Waals surface area contributed by atoms with Crippen LogP contribution in [-0.2, 0) is 14.4 Å². The second-order valence-corrected chi connectivity index (χ2v) is 9.70. The maximum atomic E-state index is 13.4. The third kappa shape index (κ3) is 10.3. The van der Waals surface area contributed by atoms with Crippen molar-refractivity contribution < 1.29 is 19.5 Å².